The second kappa shape index (κ2) is 7.50. The SMILES string of the molecule is Cc1sccc1Cc1cc2ccc(-c3ccc4c(C)cccc4n3)nc2c2ncccc12. The van der Waals surface area contributed by atoms with Crippen molar-refractivity contribution in [1.29, 1.82) is 0 Å². The Morgan fingerprint density at radius 1 is 0.750 bits per heavy atom. The monoisotopic (exact) mass is 431 g/mol. The molecule has 32 heavy (non-hydrogen) atoms. The molecule has 154 valence electrons. The van der Waals surface area contributed by atoms with Crippen LogP contribution < -0.4 is 0 Å². The zero-order valence-corrected chi connectivity index (χ0v) is 18.8. The molecule has 4 heterocycles. The molecule has 0 amide bonds. The number of benzene rings is 2. The van der Waals surface area contributed by atoms with Crippen LogP contribution in [0.25, 0.3) is 44.1 Å². The number of hydrogen-bond donors (Lipinski definition) is 0. The predicted octanol–water partition coefficient (Wildman–Crippen LogP) is 7.27. The van der Waals surface area contributed by atoms with Gasteiger partial charge in [0.05, 0.1) is 27.9 Å². The molecule has 0 spiro atoms. The third-order valence-corrected chi connectivity index (χ3v) is 7.08. The second-order valence-corrected chi connectivity index (χ2v) is 9.34. The van der Waals surface area contributed by atoms with Gasteiger partial charge in [0.1, 0.15) is 0 Å². The molecule has 4 heteroatoms. The average molecular weight is 432 g/mol. The standard InChI is InChI=1S/C28H21N3S/c1-17-5-3-7-24-22(17)9-11-25(30-24)26-10-8-20-16-21(15-19-12-14-32-18(19)2)23-6-4-13-29-28(23)27(20)31-26/h3-14,16H,15H2,1-2H3. The highest BCUT2D eigenvalue weighted by molar-refractivity contribution is 7.10. The summed E-state index contributed by atoms with van der Waals surface area (Å²) in [6.45, 7) is 4.30. The second-order valence-electron chi connectivity index (χ2n) is 8.22. The van der Waals surface area contributed by atoms with E-state index >= 15 is 0 Å². The van der Waals surface area contributed by atoms with Gasteiger partial charge in [-0.25, -0.2) is 9.97 Å². The van der Waals surface area contributed by atoms with Gasteiger partial charge in [0.2, 0.25) is 0 Å². The normalized spacial score (nSPS) is 11.6. The summed E-state index contributed by atoms with van der Waals surface area (Å²) in [6.07, 6.45) is 2.76. The van der Waals surface area contributed by atoms with E-state index in [0.717, 1.165) is 45.1 Å². The van der Waals surface area contributed by atoms with Crippen LogP contribution in [-0.4, -0.2) is 15.0 Å². The Hall–Kier alpha value is -3.63. The molecule has 0 aliphatic carbocycles. The summed E-state index contributed by atoms with van der Waals surface area (Å²) < 4.78 is 0. The van der Waals surface area contributed by atoms with E-state index in [1.54, 1.807) is 11.3 Å². The fraction of sp³-hybridized carbons (Fsp3) is 0.107. The molecule has 0 saturated heterocycles. The number of pyridine rings is 3. The smallest absolute Gasteiger partial charge is 0.0972 e. The van der Waals surface area contributed by atoms with Crippen molar-refractivity contribution in [1.82, 2.24) is 15.0 Å². The number of nitrogens with zero attached hydrogens (tertiary/aromatic N) is 3. The van der Waals surface area contributed by atoms with Crippen molar-refractivity contribution in [3.05, 3.63) is 99.9 Å². The van der Waals surface area contributed by atoms with Gasteiger partial charge in [-0.05, 0) is 78.7 Å². The minimum atomic E-state index is 0.870. The van der Waals surface area contributed by atoms with Crippen LogP contribution >= 0.6 is 11.3 Å². The van der Waals surface area contributed by atoms with Crippen molar-refractivity contribution < 1.29 is 0 Å². The minimum Gasteiger partial charge on any atom is -0.254 e. The Bertz CT molecular complexity index is 1630. The summed E-state index contributed by atoms with van der Waals surface area (Å²) >= 11 is 1.80. The van der Waals surface area contributed by atoms with Crippen molar-refractivity contribution in [2.45, 2.75) is 20.3 Å². The molecular weight excluding hydrogens is 410 g/mol. The van der Waals surface area contributed by atoms with Gasteiger partial charge < -0.3 is 0 Å². The zero-order chi connectivity index (χ0) is 21.7. The van der Waals surface area contributed by atoms with Gasteiger partial charge in [0.25, 0.3) is 0 Å². The maximum absolute atomic E-state index is 5.04. The third kappa shape index (κ3) is 3.15. The van der Waals surface area contributed by atoms with E-state index in [-0.39, 0.29) is 0 Å². The lowest BCUT2D eigenvalue weighted by Gasteiger charge is -2.11. The van der Waals surface area contributed by atoms with Gasteiger partial charge in [-0.3, -0.25) is 4.98 Å². The molecule has 0 aliphatic heterocycles. The van der Waals surface area contributed by atoms with Gasteiger partial charge in [-0.2, -0.15) is 0 Å². The van der Waals surface area contributed by atoms with E-state index in [2.05, 4.69) is 79.9 Å². The summed E-state index contributed by atoms with van der Waals surface area (Å²) in [4.78, 5) is 16.0. The number of hydrogen-bond acceptors (Lipinski definition) is 4. The molecule has 6 rings (SSSR count). The first-order valence-corrected chi connectivity index (χ1v) is 11.6. The number of aromatic nitrogens is 3. The van der Waals surface area contributed by atoms with E-state index in [9.17, 15) is 0 Å². The topological polar surface area (TPSA) is 38.7 Å². The lowest BCUT2D eigenvalue weighted by molar-refractivity contribution is 1.20. The van der Waals surface area contributed by atoms with Gasteiger partial charge in [-0.1, -0.05) is 30.3 Å². The first kappa shape index (κ1) is 19.1. The van der Waals surface area contributed by atoms with Gasteiger partial charge in [-0.15, -0.1) is 11.3 Å². The van der Waals surface area contributed by atoms with Crippen molar-refractivity contribution in [2.24, 2.45) is 0 Å². The Morgan fingerprint density at radius 3 is 2.50 bits per heavy atom. The van der Waals surface area contributed by atoms with Gasteiger partial charge in [0.15, 0.2) is 0 Å². The number of aryl methyl sites for hydroxylation is 2. The first-order chi connectivity index (χ1) is 15.7. The molecule has 0 N–H and O–H groups in total. The fourth-order valence-corrected chi connectivity index (χ4v) is 5.16. The highest BCUT2D eigenvalue weighted by Gasteiger charge is 2.13. The Kier molecular flexibility index (Phi) is 4.47. The molecule has 4 aromatic heterocycles. The van der Waals surface area contributed by atoms with Crippen LogP contribution in [0, 0.1) is 13.8 Å². The van der Waals surface area contributed by atoms with Gasteiger partial charge in [0, 0.05) is 27.2 Å². The molecule has 0 fully saturated rings. The molecule has 0 atom stereocenters. The molecule has 0 saturated carbocycles. The number of thiophene rings is 1. The lowest BCUT2D eigenvalue weighted by Crippen LogP contribution is -1.96. The molecule has 2 aromatic carbocycles. The zero-order valence-electron chi connectivity index (χ0n) is 18.0. The fourth-order valence-electron chi connectivity index (χ4n) is 4.43. The van der Waals surface area contributed by atoms with Crippen molar-refractivity contribution in [3.63, 3.8) is 0 Å². The average Bonchev–Trinajstić information content (AvgIpc) is 3.23. The first-order valence-electron chi connectivity index (χ1n) is 10.7. The van der Waals surface area contributed by atoms with E-state index in [4.69, 9.17) is 15.0 Å². The molecule has 0 radical (unpaired) electrons. The summed E-state index contributed by atoms with van der Waals surface area (Å²) in [6, 6.07) is 23.3. The Labute approximate surface area is 190 Å². The lowest BCUT2D eigenvalue weighted by atomic mass is 9.98. The van der Waals surface area contributed by atoms with Crippen molar-refractivity contribution >= 4 is 44.0 Å². The Morgan fingerprint density at radius 2 is 1.62 bits per heavy atom. The maximum atomic E-state index is 5.04. The van der Waals surface area contributed by atoms with Crippen LogP contribution in [0.15, 0.2) is 78.3 Å². The summed E-state index contributed by atoms with van der Waals surface area (Å²) in [5.74, 6) is 0. The molecule has 3 nitrogen and oxygen atoms in total. The maximum Gasteiger partial charge on any atom is 0.0972 e. The molecule has 0 aliphatic rings. The molecule has 6 aromatic rings. The van der Waals surface area contributed by atoms with Crippen LogP contribution in [-0.2, 0) is 6.42 Å². The van der Waals surface area contributed by atoms with Gasteiger partial charge >= 0.3 is 0 Å². The third-order valence-electron chi connectivity index (χ3n) is 6.19. The Balaban J connectivity index is 1.53. The van der Waals surface area contributed by atoms with Crippen LogP contribution in [0.3, 0.4) is 0 Å². The summed E-state index contributed by atoms with van der Waals surface area (Å²) in [5.41, 5.74) is 8.52. The van der Waals surface area contributed by atoms with E-state index in [1.807, 2.05) is 12.3 Å². The number of rotatable bonds is 3. The van der Waals surface area contributed by atoms with Crippen LogP contribution in [0.5, 0.6) is 0 Å². The largest absolute Gasteiger partial charge is 0.254 e. The minimum absolute atomic E-state index is 0.870. The van der Waals surface area contributed by atoms with Crippen LogP contribution in [0.4, 0.5) is 0 Å². The number of fused-ring (bicyclic) bond motifs is 4. The van der Waals surface area contributed by atoms with E-state index < -0.39 is 0 Å². The molecule has 0 unspecified atom stereocenters. The van der Waals surface area contributed by atoms with E-state index in [0.29, 0.717) is 0 Å². The highest BCUT2D eigenvalue weighted by Crippen LogP contribution is 2.31. The van der Waals surface area contributed by atoms with E-state index in [1.165, 1.54) is 27.0 Å². The molecular formula is C28H21N3S. The molecule has 0 bridgehead atoms. The summed E-state index contributed by atoms with van der Waals surface area (Å²) in [7, 11) is 0. The highest BCUT2D eigenvalue weighted by atomic mass is 32.1. The quantitative estimate of drug-likeness (QED) is 0.277. The predicted molar refractivity (Wildman–Crippen MR) is 134 cm³/mol. The summed E-state index contributed by atoms with van der Waals surface area (Å²) in [5, 5.41) is 5.62. The van der Waals surface area contributed by atoms with Crippen molar-refractivity contribution in [3.8, 4) is 11.4 Å². The van der Waals surface area contributed by atoms with Crippen LogP contribution in [0.1, 0.15) is 21.6 Å². The van der Waals surface area contributed by atoms with Crippen LogP contribution in [0.2, 0.25) is 0 Å². The van der Waals surface area contributed by atoms with Crippen molar-refractivity contribution in [2.75, 3.05) is 0 Å².